The van der Waals surface area contributed by atoms with Crippen LogP contribution in [-0.4, -0.2) is 24.1 Å². The second kappa shape index (κ2) is 18.0. The molecule has 14 rings (SSSR count). The van der Waals surface area contributed by atoms with Crippen molar-refractivity contribution in [1.29, 1.82) is 0 Å². The van der Waals surface area contributed by atoms with E-state index < -0.39 is 0 Å². The van der Waals surface area contributed by atoms with Crippen molar-refractivity contribution in [2.75, 3.05) is 0 Å². The molecule has 0 amide bonds. The Morgan fingerprint density at radius 2 is 0.608 bits per heavy atom. The van der Waals surface area contributed by atoms with Crippen molar-refractivity contribution in [2.24, 2.45) is 0 Å². The van der Waals surface area contributed by atoms with Crippen LogP contribution < -0.4 is 0 Å². The molecular weight excluding hydrogens is 899 g/mol. The summed E-state index contributed by atoms with van der Waals surface area (Å²) in [5, 5.41) is 4.52. The van der Waals surface area contributed by atoms with E-state index in [9.17, 15) is 0 Å². The minimum absolute atomic E-state index is 0.550. The summed E-state index contributed by atoms with van der Waals surface area (Å²) in [6.45, 7) is 0. The molecular formula is C69H45N5. The van der Waals surface area contributed by atoms with Crippen LogP contribution in [0, 0.1) is 0 Å². The van der Waals surface area contributed by atoms with Crippen molar-refractivity contribution in [2.45, 2.75) is 0 Å². The first-order valence-corrected chi connectivity index (χ1v) is 25.1. The van der Waals surface area contributed by atoms with Crippen LogP contribution >= 0.6 is 0 Å². The predicted molar refractivity (Wildman–Crippen MR) is 307 cm³/mol. The molecule has 0 N–H and O–H groups in total. The number of para-hydroxylation sites is 2. The van der Waals surface area contributed by atoms with Crippen LogP contribution in [0.5, 0.6) is 0 Å². The first-order valence-electron chi connectivity index (χ1n) is 25.1. The van der Waals surface area contributed by atoms with Gasteiger partial charge in [0.05, 0.1) is 22.1 Å². The van der Waals surface area contributed by atoms with Crippen LogP contribution in [0.1, 0.15) is 0 Å². The molecule has 0 aliphatic rings. The molecule has 0 aliphatic carbocycles. The number of hydrogen-bond donors (Lipinski definition) is 0. The van der Waals surface area contributed by atoms with Gasteiger partial charge in [-0.1, -0.05) is 237 Å². The summed E-state index contributed by atoms with van der Waals surface area (Å²) in [6.07, 6.45) is 0. The van der Waals surface area contributed by atoms with E-state index in [0.29, 0.717) is 17.6 Å². The minimum atomic E-state index is 0.550. The molecule has 5 heteroatoms. The van der Waals surface area contributed by atoms with Gasteiger partial charge >= 0.3 is 0 Å². The lowest BCUT2D eigenvalue weighted by atomic mass is 9.92. The van der Waals surface area contributed by atoms with Crippen LogP contribution in [0.4, 0.5) is 0 Å². The Morgan fingerprint density at radius 3 is 1.18 bits per heavy atom. The molecule has 0 saturated heterocycles. The summed E-state index contributed by atoms with van der Waals surface area (Å²) in [5.74, 6) is 1.77. The quantitative estimate of drug-likeness (QED) is 0.145. The summed E-state index contributed by atoms with van der Waals surface area (Å²) in [6, 6.07) is 97.5. The van der Waals surface area contributed by atoms with Gasteiger partial charge in [-0.2, -0.15) is 9.97 Å². The van der Waals surface area contributed by atoms with Crippen molar-refractivity contribution in [3.8, 4) is 90.0 Å². The zero-order valence-corrected chi connectivity index (χ0v) is 40.2. The molecule has 5 nitrogen and oxygen atoms in total. The fourth-order valence-corrected chi connectivity index (χ4v) is 10.9. The molecule has 0 aliphatic heterocycles. The summed E-state index contributed by atoms with van der Waals surface area (Å²) in [4.78, 5) is 15.8. The standard InChI is InChI=1S/C69H45N5/c1-5-20-46(21-6-1)52-28-19-29-53(42-52)55-43-54(47-36-38-49(39-37-47)58-31-14-13-30-57(58)48-22-7-2-8-23-48)44-56(45-55)73-63-34-17-15-32-59(63)61-40-41-62-60-33-16-18-35-64(60)74(66(62)65(61)73)69-71-67(50-24-9-3-10-25-50)70-68(72-69)51-26-11-4-12-27-51/h1-45H. The zero-order valence-electron chi connectivity index (χ0n) is 40.2. The molecule has 11 aromatic carbocycles. The van der Waals surface area contributed by atoms with E-state index in [4.69, 9.17) is 15.0 Å². The molecule has 0 bridgehead atoms. The topological polar surface area (TPSA) is 48.5 Å². The van der Waals surface area contributed by atoms with Crippen LogP contribution in [0.15, 0.2) is 273 Å². The number of hydrogen-bond acceptors (Lipinski definition) is 3. The molecule has 0 unspecified atom stereocenters. The van der Waals surface area contributed by atoms with E-state index in [1.54, 1.807) is 0 Å². The normalized spacial score (nSPS) is 11.5. The van der Waals surface area contributed by atoms with Gasteiger partial charge in [0.1, 0.15) is 0 Å². The molecule has 3 heterocycles. The first kappa shape index (κ1) is 42.9. The Labute approximate surface area is 428 Å². The van der Waals surface area contributed by atoms with Gasteiger partial charge in [0.2, 0.25) is 5.95 Å². The predicted octanol–water partition coefficient (Wildman–Crippen LogP) is 17.7. The minimum Gasteiger partial charge on any atom is -0.307 e. The van der Waals surface area contributed by atoms with E-state index in [-0.39, 0.29) is 0 Å². The number of rotatable bonds is 9. The molecule has 0 saturated carbocycles. The lowest BCUT2D eigenvalue weighted by Gasteiger charge is -2.16. The summed E-state index contributed by atoms with van der Waals surface area (Å²) >= 11 is 0. The highest BCUT2D eigenvalue weighted by molar-refractivity contribution is 6.23. The number of aromatic nitrogens is 5. The van der Waals surface area contributed by atoms with Gasteiger partial charge in [-0.3, -0.25) is 4.57 Å². The average molecular weight is 944 g/mol. The highest BCUT2D eigenvalue weighted by Crippen LogP contribution is 2.44. The lowest BCUT2D eigenvalue weighted by molar-refractivity contribution is 0.953. The Balaban J connectivity index is 1.04. The van der Waals surface area contributed by atoms with Crippen molar-refractivity contribution < 1.29 is 0 Å². The molecule has 0 spiro atoms. The van der Waals surface area contributed by atoms with Crippen molar-refractivity contribution in [3.05, 3.63) is 273 Å². The van der Waals surface area contributed by atoms with Crippen LogP contribution in [0.25, 0.3) is 134 Å². The third-order valence-electron chi connectivity index (χ3n) is 14.4. The second-order valence-corrected chi connectivity index (χ2v) is 18.8. The number of nitrogens with zero attached hydrogens (tertiary/aromatic N) is 5. The molecule has 0 radical (unpaired) electrons. The van der Waals surface area contributed by atoms with E-state index >= 15 is 0 Å². The Hall–Kier alpha value is -9.97. The number of benzene rings is 11. The maximum absolute atomic E-state index is 5.36. The SMILES string of the molecule is c1ccc(-c2cccc(-c3cc(-c4ccc(-c5ccccc5-c5ccccc5)cc4)cc(-n4c5ccccc5c5ccc6c7ccccc7n(-c7nc(-c8ccccc8)nc(-c8ccccc8)n7)c6c54)c3)c2)cc1. The Kier molecular flexibility index (Phi) is 10.4. The fraction of sp³-hybridized carbons (Fsp3) is 0. The monoisotopic (exact) mass is 943 g/mol. The Bertz CT molecular complexity index is 4330. The van der Waals surface area contributed by atoms with E-state index in [1.165, 1.54) is 33.4 Å². The largest absolute Gasteiger partial charge is 0.307 e. The van der Waals surface area contributed by atoms with Gasteiger partial charge in [0.15, 0.2) is 11.6 Å². The lowest BCUT2D eigenvalue weighted by Crippen LogP contribution is -2.07. The van der Waals surface area contributed by atoms with Crippen molar-refractivity contribution in [3.63, 3.8) is 0 Å². The second-order valence-electron chi connectivity index (χ2n) is 18.8. The Morgan fingerprint density at radius 1 is 0.230 bits per heavy atom. The van der Waals surface area contributed by atoms with Gasteiger partial charge in [-0.05, 0) is 92.0 Å². The highest BCUT2D eigenvalue weighted by Gasteiger charge is 2.24. The smallest absolute Gasteiger partial charge is 0.238 e. The third kappa shape index (κ3) is 7.46. The molecule has 346 valence electrons. The molecule has 0 atom stereocenters. The maximum Gasteiger partial charge on any atom is 0.238 e. The van der Waals surface area contributed by atoms with Gasteiger partial charge < -0.3 is 4.57 Å². The fourth-order valence-electron chi connectivity index (χ4n) is 10.9. The van der Waals surface area contributed by atoms with E-state index in [0.717, 1.165) is 82.7 Å². The molecule has 0 fully saturated rings. The van der Waals surface area contributed by atoms with Crippen LogP contribution in [0.3, 0.4) is 0 Å². The van der Waals surface area contributed by atoms with Crippen LogP contribution in [-0.2, 0) is 0 Å². The van der Waals surface area contributed by atoms with Crippen molar-refractivity contribution in [1.82, 2.24) is 24.1 Å². The molecule has 14 aromatic rings. The zero-order chi connectivity index (χ0) is 49.0. The van der Waals surface area contributed by atoms with E-state index in [1.807, 2.05) is 36.4 Å². The number of fused-ring (bicyclic) bond motifs is 7. The van der Waals surface area contributed by atoms with Gasteiger partial charge in [-0.25, -0.2) is 4.98 Å². The summed E-state index contributed by atoms with van der Waals surface area (Å²) in [5.41, 5.74) is 18.7. The third-order valence-corrected chi connectivity index (χ3v) is 14.4. The summed E-state index contributed by atoms with van der Waals surface area (Å²) < 4.78 is 4.74. The van der Waals surface area contributed by atoms with Gasteiger partial charge in [-0.15, -0.1) is 0 Å². The molecule has 3 aromatic heterocycles. The van der Waals surface area contributed by atoms with Gasteiger partial charge in [0, 0.05) is 38.4 Å². The van der Waals surface area contributed by atoms with E-state index in [2.05, 4.69) is 246 Å². The average Bonchev–Trinajstić information content (AvgIpc) is 4.02. The van der Waals surface area contributed by atoms with Gasteiger partial charge in [0.25, 0.3) is 0 Å². The van der Waals surface area contributed by atoms with Crippen molar-refractivity contribution >= 4 is 43.6 Å². The maximum atomic E-state index is 5.36. The first-order chi connectivity index (χ1) is 36.7. The molecule has 74 heavy (non-hydrogen) atoms. The highest BCUT2D eigenvalue weighted by atomic mass is 15.2. The summed E-state index contributed by atoms with van der Waals surface area (Å²) in [7, 11) is 0. The van der Waals surface area contributed by atoms with Crippen LogP contribution in [0.2, 0.25) is 0 Å².